The van der Waals surface area contributed by atoms with E-state index in [0.29, 0.717) is 9.76 Å². The highest BCUT2D eigenvalue weighted by Gasteiger charge is 1.74. The summed E-state index contributed by atoms with van der Waals surface area (Å²) in [5, 5.41) is 0. The zero-order valence-electron chi connectivity index (χ0n) is 3.60. The molecule has 0 aliphatic heterocycles. The average molecular weight is 102 g/mol. The number of hydrogen-bond donors (Lipinski definition) is 0. The predicted molar refractivity (Wildman–Crippen MR) is 23.6 cm³/mol. The van der Waals surface area contributed by atoms with E-state index in [1.807, 2.05) is 6.55 Å². The van der Waals surface area contributed by atoms with Crippen molar-refractivity contribution in [3.05, 3.63) is 0 Å². The van der Waals surface area contributed by atoms with Crippen LogP contribution in [0.1, 0.15) is 0 Å². The third-order valence-electron chi connectivity index (χ3n) is 0.296. The number of carbonyl (C=O) groups is 1. The molecule has 34 valence electrons. The van der Waals surface area contributed by atoms with Crippen molar-refractivity contribution in [2.75, 3.05) is 6.61 Å². The molecule has 0 heterocycles. The molecular formula is C3H6O2Si. The van der Waals surface area contributed by atoms with Crippen LogP contribution in [-0.4, -0.2) is 22.7 Å². The van der Waals surface area contributed by atoms with Crippen LogP contribution in [0.25, 0.3) is 0 Å². The first kappa shape index (κ1) is 5.85. The summed E-state index contributed by atoms with van der Waals surface area (Å²) in [7, 11) is 0.433. The molecule has 0 aromatic carbocycles. The Morgan fingerprint density at radius 2 is 2.67 bits per heavy atom. The molecule has 0 amide bonds. The molecule has 0 saturated heterocycles. The third kappa shape index (κ3) is 3.85. The van der Waals surface area contributed by atoms with Crippen molar-refractivity contribution in [1.29, 1.82) is 0 Å². The minimum Gasteiger partial charge on any atom is -0.411 e. The highest BCUT2D eigenvalue weighted by molar-refractivity contribution is 6.25. The van der Waals surface area contributed by atoms with Gasteiger partial charge in [-0.1, -0.05) is 0 Å². The van der Waals surface area contributed by atoms with Crippen molar-refractivity contribution in [3.8, 4) is 0 Å². The summed E-state index contributed by atoms with van der Waals surface area (Å²) in [6.07, 6.45) is 0.747. The summed E-state index contributed by atoms with van der Waals surface area (Å²) in [5.74, 6) is 0. The number of carbonyl (C=O) groups excluding carboxylic acids is 1. The number of rotatable bonds is 3. The molecule has 0 fully saturated rings. The number of hydrogen-bond acceptors (Lipinski definition) is 2. The third-order valence-corrected chi connectivity index (χ3v) is 0.751. The molecule has 0 saturated carbocycles. The Balaban J connectivity index is 2.49. The standard InChI is InChI=1S/C3H6O2Si/c1-6-5-3-2-4/h2H,3H2,1H3. The van der Waals surface area contributed by atoms with E-state index in [0.717, 1.165) is 6.29 Å². The zero-order chi connectivity index (χ0) is 4.83. The van der Waals surface area contributed by atoms with Crippen LogP contribution in [0, 0.1) is 0 Å². The van der Waals surface area contributed by atoms with Gasteiger partial charge >= 0.3 is 0 Å². The van der Waals surface area contributed by atoms with Crippen LogP contribution < -0.4 is 0 Å². The minimum absolute atomic E-state index is 0.245. The van der Waals surface area contributed by atoms with Gasteiger partial charge in [0.15, 0.2) is 0 Å². The minimum atomic E-state index is 0.245. The molecule has 0 aliphatic rings. The Morgan fingerprint density at radius 3 is 2.83 bits per heavy atom. The Hall–Kier alpha value is -0.153. The maximum Gasteiger partial charge on any atom is 0.226 e. The summed E-state index contributed by atoms with van der Waals surface area (Å²) < 4.78 is 4.64. The monoisotopic (exact) mass is 102 g/mol. The van der Waals surface area contributed by atoms with E-state index in [9.17, 15) is 4.79 Å². The van der Waals surface area contributed by atoms with Gasteiger partial charge in [0.05, 0.1) is 6.61 Å². The molecule has 3 heteroatoms. The van der Waals surface area contributed by atoms with Crippen molar-refractivity contribution in [2.45, 2.75) is 6.55 Å². The Labute approximate surface area is 39.4 Å². The first-order valence-electron chi connectivity index (χ1n) is 1.64. The van der Waals surface area contributed by atoms with Gasteiger partial charge in [-0.3, -0.25) is 0 Å². The van der Waals surface area contributed by atoms with Crippen LogP contribution in [0.3, 0.4) is 0 Å². The predicted octanol–water partition coefficient (Wildman–Crippen LogP) is -0.131. The molecule has 6 heavy (non-hydrogen) atoms. The molecule has 0 rings (SSSR count). The lowest BCUT2D eigenvalue weighted by molar-refractivity contribution is -0.109. The van der Waals surface area contributed by atoms with Gasteiger partial charge in [-0.25, -0.2) is 0 Å². The van der Waals surface area contributed by atoms with Crippen LogP contribution in [0.15, 0.2) is 0 Å². The van der Waals surface area contributed by atoms with E-state index >= 15 is 0 Å². The fourth-order valence-electron chi connectivity index (χ4n) is 0.117. The maximum absolute atomic E-state index is 9.44. The summed E-state index contributed by atoms with van der Waals surface area (Å²) in [6.45, 7) is 2.12. The summed E-state index contributed by atoms with van der Waals surface area (Å²) in [6, 6.07) is 0. The van der Waals surface area contributed by atoms with E-state index < -0.39 is 0 Å². The molecule has 0 atom stereocenters. The molecule has 0 aromatic rings. The SMILES string of the molecule is C[Si]OCC=O. The Morgan fingerprint density at radius 1 is 2.00 bits per heavy atom. The average Bonchev–Trinajstić information content (AvgIpc) is 1.61. The molecule has 0 aromatic heterocycles. The fraction of sp³-hybridized carbons (Fsp3) is 0.667. The highest BCUT2D eigenvalue weighted by Crippen LogP contribution is 1.59. The van der Waals surface area contributed by atoms with Crippen molar-refractivity contribution in [2.24, 2.45) is 0 Å². The Bertz CT molecular complexity index is 37.8. The van der Waals surface area contributed by atoms with E-state index in [1.165, 1.54) is 0 Å². The lowest BCUT2D eigenvalue weighted by Gasteiger charge is -1.83. The molecule has 2 radical (unpaired) electrons. The summed E-state index contributed by atoms with van der Waals surface area (Å²) in [4.78, 5) is 9.44. The lowest BCUT2D eigenvalue weighted by atomic mass is 10.9. The van der Waals surface area contributed by atoms with Gasteiger partial charge in [0, 0.05) is 0 Å². The topological polar surface area (TPSA) is 26.3 Å². The van der Waals surface area contributed by atoms with Gasteiger partial charge in [0.2, 0.25) is 9.76 Å². The van der Waals surface area contributed by atoms with Crippen LogP contribution in [0.5, 0.6) is 0 Å². The van der Waals surface area contributed by atoms with Gasteiger partial charge in [-0.2, -0.15) is 0 Å². The first-order valence-corrected chi connectivity index (χ1v) is 3.04. The normalized spacial score (nSPS) is 8.17. The second-order valence-corrected chi connectivity index (χ2v) is 1.38. The largest absolute Gasteiger partial charge is 0.411 e. The molecule has 0 N–H and O–H groups in total. The van der Waals surface area contributed by atoms with E-state index in [2.05, 4.69) is 4.43 Å². The molecule has 0 spiro atoms. The van der Waals surface area contributed by atoms with Gasteiger partial charge < -0.3 is 9.22 Å². The van der Waals surface area contributed by atoms with Crippen molar-refractivity contribution < 1.29 is 9.22 Å². The number of aldehydes is 1. The van der Waals surface area contributed by atoms with Crippen LogP contribution in [0.2, 0.25) is 6.55 Å². The maximum atomic E-state index is 9.44. The smallest absolute Gasteiger partial charge is 0.226 e. The zero-order valence-corrected chi connectivity index (χ0v) is 4.60. The van der Waals surface area contributed by atoms with Gasteiger partial charge in [0.25, 0.3) is 0 Å². The van der Waals surface area contributed by atoms with Crippen molar-refractivity contribution >= 4 is 16.0 Å². The Kier molecular flexibility index (Phi) is 4.72. The van der Waals surface area contributed by atoms with E-state index in [4.69, 9.17) is 0 Å². The van der Waals surface area contributed by atoms with Gasteiger partial charge in [-0.15, -0.1) is 0 Å². The van der Waals surface area contributed by atoms with E-state index in [1.54, 1.807) is 0 Å². The van der Waals surface area contributed by atoms with Crippen LogP contribution in [-0.2, 0) is 9.22 Å². The molecule has 0 unspecified atom stereocenters. The molecule has 2 nitrogen and oxygen atoms in total. The quantitative estimate of drug-likeness (QED) is 0.282. The van der Waals surface area contributed by atoms with Crippen molar-refractivity contribution in [3.63, 3.8) is 0 Å². The summed E-state index contributed by atoms with van der Waals surface area (Å²) >= 11 is 0. The van der Waals surface area contributed by atoms with E-state index in [-0.39, 0.29) is 6.61 Å². The van der Waals surface area contributed by atoms with Crippen molar-refractivity contribution in [1.82, 2.24) is 0 Å². The molecule has 0 bridgehead atoms. The second kappa shape index (κ2) is 4.85. The molecular weight excluding hydrogens is 96.1 g/mol. The van der Waals surface area contributed by atoms with Crippen LogP contribution in [0.4, 0.5) is 0 Å². The first-order chi connectivity index (χ1) is 2.91. The fourth-order valence-corrected chi connectivity index (χ4v) is 0.352. The summed E-state index contributed by atoms with van der Waals surface area (Å²) in [5.41, 5.74) is 0. The van der Waals surface area contributed by atoms with Crippen LogP contribution >= 0.6 is 0 Å². The molecule has 0 aliphatic carbocycles. The second-order valence-electron chi connectivity index (χ2n) is 0.682. The van der Waals surface area contributed by atoms with Gasteiger partial charge in [-0.05, 0) is 6.55 Å². The highest BCUT2D eigenvalue weighted by atomic mass is 28.2. The lowest BCUT2D eigenvalue weighted by Crippen LogP contribution is -1.95. The van der Waals surface area contributed by atoms with Gasteiger partial charge in [0.1, 0.15) is 6.29 Å².